The normalized spacial score (nSPS) is 12.7. The van der Waals surface area contributed by atoms with Crippen molar-refractivity contribution in [3.05, 3.63) is 35.0 Å². The standard InChI is InChI=1S/C16H17NO4/c1-3-20-15(18)9-13-11-7-5-6-8-12(11)14(17-13)10-16(19)21-4-2/h5-10,17H,3-4H2,1-2H3/b13-9-,14-10-. The zero-order chi connectivity index (χ0) is 15.2. The number of carbonyl (C=O) groups excluding carboxylic acids is 2. The molecule has 5 heteroatoms. The Balaban J connectivity index is 2.59. The minimum atomic E-state index is -0.424. The van der Waals surface area contributed by atoms with E-state index in [1.165, 1.54) is 12.2 Å². The summed E-state index contributed by atoms with van der Waals surface area (Å²) in [7, 11) is 0. The monoisotopic (exact) mass is 287 g/mol. The molecule has 5 nitrogen and oxygen atoms in total. The van der Waals surface area contributed by atoms with Crippen LogP contribution in [0.5, 0.6) is 0 Å². The van der Waals surface area contributed by atoms with Gasteiger partial charge >= 0.3 is 11.9 Å². The van der Waals surface area contributed by atoms with Crippen LogP contribution in [0.1, 0.15) is 13.8 Å². The smallest absolute Gasteiger partial charge is 0.332 e. The lowest BCUT2D eigenvalue weighted by Gasteiger charge is -1.93. The number of esters is 2. The van der Waals surface area contributed by atoms with Crippen molar-refractivity contribution in [3.8, 4) is 0 Å². The minimum Gasteiger partial charge on any atom is -0.463 e. The molecule has 21 heavy (non-hydrogen) atoms. The van der Waals surface area contributed by atoms with Gasteiger partial charge in [-0.05, 0) is 13.8 Å². The first-order valence-corrected chi connectivity index (χ1v) is 6.79. The average Bonchev–Trinajstić information content (AvgIpc) is 2.78. The molecule has 1 aromatic carbocycles. The van der Waals surface area contributed by atoms with Crippen LogP contribution in [0.3, 0.4) is 0 Å². The van der Waals surface area contributed by atoms with Gasteiger partial charge in [-0.1, -0.05) is 24.3 Å². The highest BCUT2D eigenvalue weighted by Gasteiger charge is 2.04. The Hall–Kier alpha value is -2.56. The molecule has 1 N–H and O–H groups in total. The first-order valence-electron chi connectivity index (χ1n) is 6.79. The van der Waals surface area contributed by atoms with E-state index in [4.69, 9.17) is 9.47 Å². The Morgan fingerprint density at radius 3 is 1.76 bits per heavy atom. The van der Waals surface area contributed by atoms with Gasteiger partial charge in [-0.25, -0.2) is 9.59 Å². The third-order valence-corrected chi connectivity index (χ3v) is 2.87. The Kier molecular flexibility index (Phi) is 4.77. The Morgan fingerprint density at radius 2 is 1.38 bits per heavy atom. The molecule has 0 aliphatic carbocycles. The lowest BCUT2D eigenvalue weighted by Crippen LogP contribution is -2.15. The van der Waals surface area contributed by atoms with Crippen molar-refractivity contribution in [2.24, 2.45) is 0 Å². The lowest BCUT2D eigenvalue weighted by atomic mass is 10.2. The number of fused-ring (bicyclic) bond motifs is 1. The zero-order valence-corrected chi connectivity index (χ0v) is 12.0. The van der Waals surface area contributed by atoms with Gasteiger partial charge in [0.1, 0.15) is 0 Å². The van der Waals surface area contributed by atoms with Gasteiger partial charge in [0.25, 0.3) is 0 Å². The number of benzene rings is 1. The molecule has 1 aromatic heterocycles. The van der Waals surface area contributed by atoms with Gasteiger partial charge in [0.15, 0.2) is 0 Å². The van der Waals surface area contributed by atoms with Crippen LogP contribution >= 0.6 is 0 Å². The van der Waals surface area contributed by atoms with Gasteiger partial charge in [0.2, 0.25) is 0 Å². The molecule has 0 radical (unpaired) electrons. The number of aromatic amines is 1. The van der Waals surface area contributed by atoms with Crippen LogP contribution in [0, 0.1) is 0 Å². The number of H-pyrrole nitrogens is 1. The molecule has 0 fully saturated rings. The van der Waals surface area contributed by atoms with Crippen LogP contribution < -0.4 is 10.7 Å². The molecule has 0 aliphatic heterocycles. The number of ether oxygens (including phenoxy) is 2. The molecule has 1 heterocycles. The van der Waals surface area contributed by atoms with E-state index in [-0.39, 0.29) is 0 Å². The molecule has 0 saturated carbocycles. The summed E-state index contributed by atoms with van der Waals surface area (Å²) in [5.41, 5.74) is 0. The molecule has 0 unspecified atom stereocenters. The van der Waals surface area contributed by atoms with E-state index >= 15 is 0 Å². The summed E-state index contributed by atoms with van der Waals surface area (Å²) in [6, 6.07) is 7.48. The predicted octanol–water partition coefficient (Wildman–Crippen LogP) is 0.855. The molecule has 0 bridgehead atoms. The second kappa shape index (κ2) is 6.74. The fraction of sp³-hybridized carbons (Fsp3) is 0.250. The van der Waals surface area contributed by atoms with Crippen LogP contribution in [0.4, 0.5) is 0 Å². The van der Waals surface area contributed by atoms with Crippen LogP contribution in [0.15, 0.2) is 24.3 Å². The Labute approximate surface area is 121 Å². The molecular formula is C16H17NO4. The molecule has 2 aromatic rings. The lowest BCUT2D eigenvalue weighted by molar-refractivity contribution is -0.136. The maximum Gasteiger partial charge on any atom is 0.332 e. The maximum absolute atomic E-state index is 11.6. The molecule has 0 atom stereocenters. The first-order chi connectivity index (χ1) is 10.2. The third kappa shape index (κ3) is 3.51. The second-order valence-electron chi connectivity index (χ2n) is 4.29. The molecular weight excluding hydrogens is 270 g/mol. The van der Waals surface area contributed by atoms with Crippen molar-refractivity contribution in [2.75, 3.05) is 13.2 Å². The van der Waals surface area contributed by atoms with Crippen molar-refractivity contribution < 1.29 is 19.1 Å². The van der Waals surface area contributed by atoms with E-state index in [1.54, 1.807) is 13.8 Å². The SMILES string of the molecule is CCOC(=O)/C=c1\[nH]/c(=C\C(=O)OCC)c2ccccc12. The zero-order valence-electron chi connectivity index (χ0n) is 12.0. The average molecular weight is 287 g/mol. The quantitative estimate of drug-likeness (QED) is 0.847. The number of carbonyl (C=O) groups is 2. The van der Waals surface area contributed by atoms with Crippen molar-refractivity contribution in [3.63, 3.8) is 0 Å². The summed E-state index contributed by atoms with van der Waals surface area (Å²) >= 11 is 0. The highest BCUT2D eigenvalue weighted by molar-refractivity contribution is 6.04. The fourth-order valence-corrected chi connectivity index (χ4v) is 2.06. The summed E-state index contributed by atoms with van der Waals surface area (Å²) in [5.74, 6) is -0.848. The van der Waals surface area contributed by atoms with Gasteiger partial charge in [0.05, 0.1) is 23.9 Å². The van der Waals surface area contributed by atoms with Gasteiger partial charge in [-0.3, -0.25) is 0 Å². The van der Waals surface area contributed by atoms with Gasteiger partial charge < -0.3 is 14.5 Å². The van der Waals surface area contributed by atoms with Gasteiger partial charge in [-0.15, -0.1) is 0 Å². The first kappa shape index (κ1) is 14.8. The molecule has 110 valence electrons. The highest BCUT2D eigenvalue weighted by Crippen LogP contribution is 2.03. The van der Waals surface area contributed by atoms with Crippen LogP contribution in [-0.2, 0) is 19.1 Å². The van der Waals surface area contributed by atoms with E-state index < -0.39 is 11.9 Å². The minimum absolute atomic E-state index is 0.315. The molecule has 0 aliphatic rings. The Morgan fingerprint density at radius 1 is 0.952 bits per heavy atom. The molecule has 2 rings (SSSR count). The largest absolute Gasteiger partial charge is 0.463 e. The number of hydrogen-bond donors (Lipinski definition) is 1. The van der Waals surface area contributed by atoms with Crippen molar-refractivity contribution in [1.82, 2.24) is 4.98 Å². The van der Waals surface area contributed by atoms with Crippen LogP contribution in [-0.4, -0.2) is 30.1 Å². The summed E-state index contributed by atoms with van der Waals surface area (Å²) in [4.78, 5) is 26.2. The summed E-state index contributed by atoms with van der Waals surface area (Å²) < 4.78 is 9.81. The van der Waals surface area contributed by atoms with Crippen molar-refractivity contribution in [1.29, 1.82) is 0 Å². The van der Waals surface area contributed by atoms with Crippen molar-refractivity contribution in [2.45, 2.75) is 13.8 Å². The van der Waals surface area contributed by atoms with E-state index in [9.17, 15) is 9.59 Å². The fourth-order valence-electron chi connectivity index (χ4n) is 2.06. The van der Waals surface area contributed by atoms with Crippen molar-refractivity contribution >= 4 is 34.9 Å². The molecule has 0 saturated heterocycles. The summed E-state index contributed by atoms with van der Waals surface area (Å²) in [6.45, 7) is 4.13. The summed E-state index contributed by atoms with van der Waals surface area (Å²) in [6.07, 6.45) is 2.77. The van der Waals surface area contributed by atoms with Gasteiger partial charge in [0, 0.05) is 22.9 Å². The van der Waals surface area contributed by atoms with E-state index in [2.05, 4.69) is 4.98 Å². The number of aromatic nitrogens is 1. The molecule has 0 amide bonds. The number of rotatable bonds is 4. The topological polar surface area (TPSA) is 68.4 Å². The highest BCUT2D eigenvalue weighted by atomic mass is 16.5. The number of hydrogen-bond acceptors (Lipinski definition) is 4. The predicted molar refractivity (Wildman–Crippen MR) is 79.7 cm³/mol. The van der Waals surface area contributed by atoms with E-state index in [0.717, 1.165) is 10.8 Å². The van der Waals surface area contributed by atoms with E-state index in [1.807, 2.05) is 24.3 Å². The Bertz CT molecular complexity index is 709. The van der Waals surface area contributed by atoms with Gasteiger partial charge in [-0.2, -0.15) is 0 Å². The summed E-state index contributed by atoms with van der Waals surface area (Å²) in [5, 5.41) is 2.92. The molecule has 0 spiro atoms. The van der Waals surface area contributed by atoms with E-state index in [0.29, 0.717) is 23.9 Å². The third-order valence-electron chi connectivity index (χ3n) is 2.87. The maximum atomic E-state index is 11.6. The second-order valence-corrected chi connectivity index (χ2v) is 4.29. The van der Waals surface area contributed by atoms with Crippen LogP contribution in [0.25, 0.3) is 22.9 Å². The number of nitrogens with one attached hydrogen (secondary N) is 1. The van der Waals surface area contributed by atoms with Crippen LogP contribution in [0.2, 0.25) is 0 Å².